The predicted octanol–water partition coefficient (Wildman–Crippen LogP) is 3.97. The molecule has 0 saturated carbocycles. The number of aryl methyl sites for hydroxylation is 1. The molecule has 0 unspecified atom stereocenters. The second-order valence-corrected chi connectivity index (χ2v) is 7.83. The van der Waals surface area contributed by atoms with Gasteiger partial charge in [-0.2, -0.15) is 0 Å². The Labute approximate surface area is 131 Å². The molecule has 20 heavy (non-hydrogen) atoms. The molecule has 0 amide bonds. The Morgan fingerprint density at radius 2 is 1.90 bits per heavy atom. The smallest absolute Gasteiger partial charge is 0.182 e. The Kier molecular flexibility index (Phi) is 4.42. The number of halogens is 2. The van der Waals surface area contributed by atoms with Crippen LogP contribution in [-0.2, 0) is 15.6 Å². The Hall–Kier alpha value is -1.04. The minimum Gasteiger partial charge on any atom is -0.399 e. The van der Waals surface area contributed by atoms with Crippen molar-refractivity contribution < 1.29 is 8.42 Å². The zero-order valence-electron chi connectivity index (χ0n) is 10.7. The molecule has 0 aliphatic rings. The molecule has 2 aromatic carbocycles. The van der Waals surface area contributed by atoms with Gasteiger partial charge in [-0.15, -0.1) is 0 Å². The number of hydrogen-bond acceptors (Lipinski definition) is 3. The first-order valence-corrected chi connectivity index (χ1v) is 8.65. The van der Waals surface area contributed by atoms with Gasteiger partial charge in [-0.1, -0.05) is 33.6 Å². The highest BCUT2D eigenvalue weighted by Crippen LogP contribution is 2.26. The van der Waals surface area contributed by atoms with Gasteiger partial charge in [0.05, 0.1) is 10.6 Å². The molecule has 0 heterocycles. The third-order valence-corrected chi connectivity index (χ3v) is 5.47. The summed E-state index contributed by atoms with van der Waals surface area (Å²) in [6, 6.07) is 9.85. The van der Waals surface area contributed by atoms with Gasteiger partial charge in [0, 0.05) is 15.2 Å². The lowest BCUT2D eigenvalue weighted by molar-refractivity contribution is 0.595. The third kappa shape index (κ3) is 3.34. The van der Waals surface area contributed by atoms with Gasteiger partial charge in [-0.3, -0.25) is 0 Å². The van der Waals surface area contributed by atoms with Gasteiger partial charge < -0.3 is 5.73 Å². The molecule has 0 spiro atoms. The Morgan fingerprint density at radius 3 is 2.50 bits per heavy atom. The van der Waals surface area contributed by atoms with E-state index in [1.54, 1.807) is 37.3 Å². The van der Waals surface area contributed by atoms with E-state index < -0.39 is 9.84 Å². The van der Waals surface area contributed by atoms with Crippen LogP contribution < -0.4 is 5.73 Å². The number of hydrogen-bond donors (Lipinski definition) is 1. The van der Waals surface area contributed by atoms with Crippen molar-refractivity contribution >= 4 is 43.1 Å². The van der Waals surface area contributed by atoms with E-state index in [-0.39, 0.29) is 10.6 Å². The van der Waals surface area contributed by atoms with Crippen LogP contribution in [0, 0.1) is 6.92 Å². The second kappa shape index (κ2) is 5.76. The van der Waals surface area contributed by atoms with Crippen molar-refractivity contribution in [3.8, 4) is 0 Å². The van der Waals surface area contributed by atoms with Crippen LogP contribution in [0.5, 0.6) is 0 Å². The van der Waals surface area contributed by atoms with Crippen LogP contribution in [-0.4, -0.2) is 8.42 Å². The van der Waals surface area contributed by atoms with Crippen molar-refractivity contribution in [2.75, 3.05) is 5.73 Å². The highest BCUT2D eigenvalue weighted by molar-refractivity contribution is 9.10. The molecule has 2 aromatic rings. The van der Waals surface area contributed by atoms with E-state index in [9.17, 15) is 8.42 Å². The third-order valence-electron chi connectivity index (χ3n) is 2.96. The number of sulfone groups is 1. The lowest BCUT2D eigenvalue weighted by atomic mass is 10.2. The SMILES string of the molecule is Cc1cc(S(=O)(=O)Cc2ccc(Br)cc2Cl)ccc1N. The summed E-state index contributed by atoms with van der Waals surface area (Å²) in [6.07, 6.45) is 0. The highest BCUT2D eigenvalue weighted by Gasteiger charge is 2.17. The Morgan fingerprint density at radius 1 is 1.20 bits per heavy atom. The quantitative estimate of drug-likeness (QED) is 0.827. The summed E-state index contributed by atoms with van der Waals surface area (Å²) >= 11 is 9.36. The molecular formula is C14H13BrClNO2S. The van der Waals surface area contributed by atoms with Crippen molar-refractivity contribution in [1.82, 2.24) is 0 Å². The maximum atomic E-state index is 12.4. The molecule has 2 rings (SSSR count). The lowest BCUT2D eigenvalue weighted by Crippen LogP contribution is -2.06. The molecule has 106 valence electrons. The highest BCUT2D eigenvalue weighted by atomic mass is 79.9. The minimum absolute atomic E-state index is 0.136. The summed E-state index contributed by atoms with van der Waals surface area (Å²) in [5.74, 6) is -0.136. The Bertz CT molecular complexity index is 760. The van der Waals surface area contributed by atoms with E-state index in [4.69, 9.17) is 17.3 Å². The zero-order valence-corrected chi connectivity index (χ0v) is 13.9. The fraction of sp³-hybridized carbons (Fsp3) is 0.143. The van der Waals surface area contributed by atoms with Crippen molar-refractivity contribution in [3.63, 3.8) is 0 Å². The number of nitrogens with two attached hydrogens (primary N) is 1. The average Bonchev–Trinajstić information content (AvgIpc) is 2.36. The number of nitrogen functional groups attached to an aromatic ring is 1. The van der Waals surface area contributed by atoms with Crippen LogP contribution in [0.15, 0.2) is 45.8 Å². The van der Waals surface area contributed by atoms with E-state index in [1.807, 2.05) is 0 Å². The van der Waals surface area contributed by atoms with Gasteiger partial charge in [0.15, 0.2) is 9.84 Å². The molecule has 6 heteroatoms. The molecular weight excluding hydrogens is 362 g/mol. The second-order valence-electron chi connectivity index (χ2n) is 4.51. The van der Waals surface area contributed by atoms with Crippen molar-refractivity contribution in [3.05, 3.63) is 57.0 Å². The molecule has 0 aliphatic heterocycles. The first kappa shape index (κ1) is 15.4. The molecule has 0 bridgehead atoms. The van der Waals surface area contributed by atoms with Crippen LogP contribution >= 0.6 is 27.5 Å². The normalized spacial score (nSPS) is 11.6. The topological polar surface area (TPSA) is 60.2 Å². The largest absolute Gasteiger partial charge is 0.399 e. The van der Waals surface area contributed by atoms with E-state index in [0.717, 1.165) is 10.0 Å². The minimum atomic E-state index is -3.44. The van der Waals surface area contributed by atoms with Gasteiger partial charge >= 0.3 is 0 Å². The molecule has 0 aliphatic carbocycles. The predicted molar refractivity (Wildman–Crippen MR) is 85.6 cm³/mol. The van der Waals surface area contributed by atoms with Gasteiger partial charge in [0.25, 0.3) is 0 Å². The van der Waals surface area contributed by atoms with Gasteiger partial charge in [-0.05, 0) is 48.4 Å². The first-order valence-electron chi connectivity index (χ1n) is 5.82. The molecule has 0 saturated heterocycles. The van der Waals surface area contributed by atoms with Crippen LogP contribution in [0.3, 0.4) is 0 Å². The summed E-state index contributed by atoms with van der Waals surface area (Å²) < 4.78 is 25.6. The zero-order chi connectivity index (χ0) is 14.9. The molecule has 0 fully saturated rings. The molecule has 3 nitrogen and oxygen atoms in total. The standard InChI is InChI=1S/C14H13BrClNO2S/c1-9-6-12(4-5-14(9)17)20(18,19)8-10-2-3-11(15)7-13(10)16/h2-7H,8,17H2,1H3. The van der Waals surface area contributed by atoms with Gasteiger partial charge in [-0.25, -0.2) is 8.42 Å². The van der Waals surface area contributed by atoms with Gasteiger partial charge in [0.2, 0.25) is 0 Å². The van der Waals surface area contributed by atoms with E-state index in [1.165, 1.54) is 6.07 Å². The van der Waals surface area contributed by atoms with Crippen LogP contribution in [0.1, 0.15) is 11.1 Å². The van der Waals surface area contributed by atoms with Crippen molar-refractivity contribution in [2.45, 2.75) is 17.6 Å². The first-order chi connectivity index (χ1) is 9.29. The van der Waals surface area contributed by atoms with Gasteiger partial charge in [0.1, 0.15) is 0 Å². The summed E-state index contributed by atoms with van der Waals surface area (Å²) in [6.45, 7) is 1.78. The van der Waals surface area contributed by atoms with Crippen LogP contribution in [0.25, 0.3) is 0 Å². The fourth-order valence-electron chi connectivity index (χ4n) is 1.77. The van der Waals surface area contributed by atoms with Crippen molar-refractivity contribution in [2.24, 2.45) is 0 Å². The fourth-order valence-corrected chi connectivity index (χ4v) is 4.05. The molecule has 0 aromatic heterocycles. The van der Waals surface area contributed by atoms with Crippen molar-refractivity contribution in [1.29, 1.82) is 0 Å². The summed E-state index contributed by atoms with van der Waals surface area (Å²) in [5.41, 5.74) is 7.60. The summed E-state index contributed by atoms with van der Waals surface area (Å²) in [4.78, 5) is 0.253. The number of benzene rings is 2. The monoisotopic (exact) mass is 373 g/mol. The number of anilines is 1. The van der Waals surface area contributed by atoms with E-state index in [2.05, 4.69) is 15.9 Å². The maximum Gasteiger partial charge on any atom is 0.182 e. The lowest BCUT2D eigenvalue weighted by Gasteiger charge is -2.08. The summed E-state index contributed by atoms with van der Waals surface area (Å²) in [7, 11) is -3.44. The molecule has 0 atom stereocenters. The number of rotatable bonds is 3. The van der Waals surface area contributed by atoms with E-state index >= 15 is 0 Å². The van der Waals surface area contributed by atoms with Crippen LogP contribution in [0.2, 0.25) is 5.02 Å². The summed E-state index contributed by atoms with van der Waals surface area (Å²) in [5, 5.41) is 0.426. The molecule has 2 N–H and O–H groups in total. The maximum absolute atomic E-state index is 12.4. The Balaban J connectivity index is 2.38. The van der Waals surface area contributed by atoms with Crippen LogP contribution in [0.4, 0.5) is 5.69 Å². The van der Waals surface area contributed by atoms with E-state index in [0.29, 0.717) is 16.3 Å². The average molecular weight is 375 g/mol. The molecule has 0 radical (unpaired) electrons.